The van der Waals surface area contributed by atoms with E-state index >= 15 is 0 Å². The fourth-order valence-corrected chi connectivity index (χ4v) is 4.12. The summed E-state index contributed by atoms with van der Waals surface area (Å²) >= 11 is 0. The molecule has 0 atom stereocenters. The molecule has 4 rings (SSSR count). The zero-order valence-corrected chi connectivity index (χ0v) is 18.3. The number of rotatable bonds is 6. The first-order valence-electron chi connectivity index (χ1n) is 10.9. The molecule has 1 fully saturated rings. The van der Waals surface area contributed by atoms with E-state index in [1.165, 1.54) is 10.8 Å². The Labute approximate surface area is 184 Å². The fraction of sp³-hybridized carbons (Fsp3) is 0.455. The van der Waals surface area contributed by atoms with Crippen LogP contribution in [0, 0.1) is 0 Å². The van der Waals surface area contributed by atoms with Gasteiger partial charge in [0, 0.05) is 56.4 Å². The molecular weight excluding hydrogens is 410 g/mol. The molecule has 32 heavy (non-hydrogen) atoms. The Morgan fingerprint density at radius 3 is 2.62 bits per heavy atom. The number of piperidine rings is 1. The maximum Gasteiger partial charge on any atom is 0.347 e. The van der Waals surface area contributed by atoms with Crippen molar-refractivity contribution in [2.75, 3.05) is 31.1 Å². The maximum atomic E-state index is 12.6. The van der Waals surface area contributed by atoms with Gasteiger partial charge in [-0.2, -0.15) is 0 Å². The molecule has 3 aromatic rings. The first kappa shape index (κ1) is 21.7. The van der Waals surface area contributed by atoms with E-state index in [4.69, 9.17) is 0 Å². The molecule has 168 valence electrons. The number of carbonyl (C=O) groups is 1. The van der Waals surface area contributed by atoms with Crippen molar-refractivity contribution in [2.45, 2.75) is 39.2 Å². The molecule has 1 amide bonds. The van der Waals surface area contributed by atoms with Crippen molar-refractivity contribution in [1.82, 2.24) is 29.4 Å². The van der Waals surface area contributed by atoms with Crippen LogP contribution in [0.4, 0.5) is 5.95 Å². The number of nitrogens with zero attached hydrogens (tertiary/aromatic N) is 6. The summed E-state index contributed by atoms with van der Waals surface area (Å²) in [5.41, 5.74) is 0.839. The lowest BCUT2D eigenvalue weighted by molar-refractivity contribution is -0.133. The number of anilines is 1. The van der Waals surface area contributed by atoms with Crippen LogP contribution in [0.2, 0.25) is 0 Å². The number of pyridine rings is 1. The van der Waals surface area contributed by atoms with Gasteiger partial charge in [-0.1, -0.05) is 0 Å². The zero-order chi connectivity index (χ0) is 22.7. The van der Waals surface area contributed by atoms with Gasteiger partial charge in [0.25, 0.3) is 5.56 Å². The molecule has 1 N–H and O–H groups in total. The van der Waals surface area contributed by atoms with Crippen molar-refractivity contribution in [2.24, 2.45) is 0 Å². The minimum atomic E-state index is -0.435. The van der Waals surface area contributed by atoms with E-state index in [9.17, 15) is 14.4 Å². The molecule has 0 spiro atoms. The lowest BCUT2D eigenvalue weighted by Crippen LogP contribution is -2.41. The van der Waals surface area contributed by atoms with Gasteiger partial charge in [0.2, 0.25) is 11.9 Å². The highest BCUT2D eigenvalue weighted by Crippen LogP contribution is 2.27. The number of hydrogen-bond acceptors (Lipinski definition) is 7. The van der Waals surface area contributed by atoms with Crippen LogP contribution in [0.5, 0.6) is 0 Å². The third kappa shape index (κ3) is 4.39. The number of likely N-dealkylation sites (tertiary alicyclic amines) is 1. The van der Waals surface area contributed by atoms with Gasteiger partial charge in [-0.3, -0.25) is 14.2 Å². The lowest BCUT2D eigenvalue weighted by Gasteiger charge is -2.32. The molecule has 1 aliphatic rings. The zero-order valence-electron chi connectivity index (χ0n) is 18.3. The van der Waals surface area contributed by atoms with Crippen LogP contribution in [0.15, 0.2) is 40.3 Å². The van der Waals surface area contributed by atoms with E-state index in [1.54, 1.807) is 23.4 Å². The molecule has 0 aromatic carbocycles. The van der Waals surface area contributed by atoms with Gasteiger partial charge in [0.15, 0.2) is 0 Å². The quantitative estimate of drug-likeness (QED) is 0.614. The highest BCUT2D eigenvalue weighted by Gasteiger charge is 2.25. The Morgan fingerprint density at radius 2 is 1.94 bits per heavy atom. The number of fused-ring (bicyclic) bond motifs is 1. The second-order valence-electron chi connectivity index (χ2n) is 7.88. The first-order chi connectivity index (χ1) is 15.5. The smallest absolute Gasteiger partial charge is 0.341 e. The van der Waals surface area contributed by atoms with Gasteiger partial charge in [0.05, 0.1) is 10.9 Å². The Hall–Kier alpha value is -3.56. The van der Waals surface area contributed by atoms with E-state index in [1.807, 2.05) is 24.8 Å². The standard InChI is InChI=1S/C22H27N7O3/c1-3-27(4-2)21-24-13-16-18(26-21)12-17(25-20(16)31)15-6-10-28(11-7-15)19(30)14-29-9-5-8-23-22(29)32/h5,8-9,12-13,15H,3-4,6-7,10-11,14H2,1-2H3,(H,25,31). The van der Waals surface area contributed by atoms with Crippen molar-refractivity contribution in [1.29, 1.82) is 0 Å². The van der Waals surface area contributed by atoms with E-state index in [0.29, 0.717) is 29.9 Å². The highest BCUT2D eigenvalue weighted by atomic mass is 16.2. The molecule has 1 saturated heterocycles. The lowest BCUT2D eigenvalue weighted by atomic mass is 9.92. The average Bonchev–Trinajstić information content (AvgIpc) is 2.81. The molecular formula is C22H27N7O3. The van der Waals surface area contributed by atoms with Crippen molar-refractivity contribution < 1.29 is 4.79 Å². The topological polar surface area (TPSA) is 117 Å². The van der Waals surface area contributed by atoms with Gasteiger partial charge in [0.1, 0.15) is 6.54 Å². The van der Waals surface area contributed by atoms with Gasteiger partial charge < -0.3 is 14.8 Å². The molecule has 1 aliphatic heterocycles. The Kier molecular flexibility index (Phi) is 6.29. The van der Waals surface area contributed by atoms with Crippen molar-refractivity contribution in [3.8, 4) is 0 Å². The van der Waals surface area contributed by atoms with Crippen LogP contribution in [-0.2, 0) is 11.3 Å². The Morgan fingerprint density at radius 1 is 1.19 bits per heavy atom. The maximum absolute atomic E-state index is 12.6. The summed E-state index contributed by atoms with van der Waals surface area (Å²) in [6, 6.07) is 3.56. The van der Waals surface area contributed by atoms with Crippen LogP contribution in [0.25, 0.3) is 10.9 Å². The van der Waals surface area contributed by atoms with E-state index in [-0.39, 0.29) is 23.9 Å². The minimum Gasteiger partial charge on any atom is -0.341 e. The number of nitrogens with one attached hydrogen (secondary N) is 1. The highest BCUT2D eigenvalue weighted by molar-refractivity contribution is 5.78. The molecule has 10 nitrogen and oxygen atoms in total. The van der Waals surface area contributed by atoms with E-state index in [0.717, 1.165) is 31.6 Å². The van der Waals surface area contributed by atoms with Crippen molar-refractivity contribution in [3.05, 3.63) is 57.3 Å². The van der Waals surface area contributed by atoms with Crippen LogP contribution in [0.1, 0.15) is 38.3 Å². The number of carbonyl (C=O) groups excluding carboxylic acids is 1. The SMILES string of the molecule is CCN(CC)c1ncc2c(=O)[nH]c(C3CCN(C(=O)Cn4cccnc4=O)CC3)cc2n1. The summed E-state index contributed by atoms with van der Waals surface area (Å²) in [6.07, 6.45) is 6.01. The number of aromatic amines is 1. The molecule has 10 heteroatoms. The molecule has 0 unspecified atom stereocenters. The van der Waals surface area contributed by atoms with E-state index < -0.39 is 5.69 Å². The Balaban J connectivity index is 1.48. The third-order valence-corrected chi connectivity index (χ3v) is 6.02. The monoisotopic (exact) mass is 437 g/mol. The molecule has 4 heterocycles. The van der Waals surface area contributed by atoms with Gasteiger partial charge in [-0.25, -0.2) is 19.7 Å². The summed E-state index contributed by atoms with van der Waals surface area (Å²) in [6.45, 7) is 6.76. The van der Waals surface area contributed by atoms with Gasteiger partial charge in [-0.05, 0) is 38.8 Å². The number of H-pyrrole nitrogens is 1. The molecule has 3 aromatic heterocycles. The summed E-state index contributed by atoms with van der Waals surface area (Å²) in [5, 5.41) is 0.471. The molecule has 0 saturated carbocycles. The van der Waals surface area contributed by atoms with Crippen molar-refractivity contribution in [3.63, 3.8) is 0 Å². The third-order valence-electron chi connectivity index (χ3n) is 6.02. The summed E-state index contributed by atoms with van der Waals surface area (Å²) in [7, 11) is 0. The predicted octanol–water partition coefficient (Wildman–Crippen LogP) is 1.13. The molecule has 0 bridgehead atoms. The van der Waals surface area contributed by atoms with Gasteiger partial charge in [-0.15, -0.1) is 0 Å². The molecule has 0 radical (unpaired) electrons. The van der Waals surface area contributed by atoms with Gasteiger partial charge >= 0.3 is 5.69 Å². The average molecular weight is 438 g/mol. The number of hydrogen-bond donors (Lipinski definition) is 1. The normalized spacial score (nSPS) is 14.6. The second kappa shape index (κ2) is 9.29. The van der Waals surface area contributed by atoms with Crippen LogP contribution in [-0.4, -0.2) is 61.5 Å². The summed E-state index contributed by atoms with van der Waals surface area (Å²) < 4.78 is 1.31. The van der Waals surface area contributed by atoms with Crippen LogP contribution in [0.3, 0.4) is 0 Å². The summed E-state index contributed by atoms with van der Waals surface area (Å²) in [4.78, 5) is 56.4. The second-order valence-corrected chi connectivity index (χ2v) is 7.88. The number of aromatic nitrogens is 5. The Bertz CT molecular complexity index is 1220. The van der Waals surface area contributed by atoms with Crippen LogP contribution >= 0.6 is 0 Å². The van der Waals surface area contributed by atoms with Crippen molar-refractivity contribution >= 4 is 22.8 Å². The number of amides is 1. The largest absolute Gasteiger partial charge is 0.347 e. The van der Waals surface area contributed by atoms with E-state index in [2.05, 4.69) is 19.9 Å². The summed E-state index contributed by atoms with van der Waals surface area (Å²) in [5.74, 6) is 0.636. The minimum absolute atomic E-state index is 0.0186. The predicted molar refractivity (Wildman–Crippen MR) is 121 cm³/mol. The first-order valence-corrected chi connectivity index (χ1v) is 10.9. The fourth-order valence-electron chi connectivity index (χ4n) is 4.12. The van der Waals surface area contributed by atoms with Crippen LogP contribution < -0.4 is 16.1 Å². The molecule has 0 aliphatic carbocycles.